The van der Waals surface area contributed by atoms with Gasteiger partial charge in [0.15, 0.2) is 0 Å². The largest absolute Gasteiger partial charge is 0.674 e. The Morgan fingerprint density at radius 2 is 1.60 bits per heavy atom. The van der Waals surface area contributed by atoms with Crippen LogP contribution in [0.25, 0.3) is 5.73 Å². The van der Waals surface area contributed by atoms with Gasteiger partial charge >= 0.3 is 14.0 Å². The molecule has 1 aromatic heterocycles. The molecule has 8 nitrogen and oxygen atoms in total. The molecule has 1 heterocycles. The number of ether oxygens (including phenoxy) is 1. The Morgan fingerprint density at radius 1 is 0.982 bits per heavy atom. The predicted molar refractivity (Wildman–Crippen MR) is 225 cm³/mol. The number of phosphoric ester groups is 1. The monoisotopic (exact) mass is 915 g/mol. The molecule has 0 amide bonds. The van der Waals surface area contributed by atoms with Crippen LogP contribution in [-0.2, 0) is 68.5 Å². The first kappa shape index (κ1) is 57.1. The first-order valence-corrected chi connectivity index (χ1v) is 20.9. The Morgan fingerprint density at radius 3 is 2.09 bits per heavy atom. The standard InChI is InChI=1S/C33H50F3O7PS.C7H8N.C3H6.Y/c1-8-10-12-27(5)21-42-44(39,41-20-25(3)9-2)43-24-32(38,23-37)17-16-26(4)14-15-31(29(7)33(34,35)36)40-18-11-13-30-19-28(6)45-22-30;8-6-7-4-2-1-3-5-7;1-3-2;/h8-10,12,14-15,19,22,29,37-38H,11,13,16-18,20-21,23-24H2,1-7H3;1-5,8H,6H2;3H,1H2,2H3;/q;-1;;/b10-8-,25-9+,26-14+,27-12+,31-15+;;;. The number of rotatable bonds is 22. The first-order valence-electron chi connectivity index (χ1n) is 18.5. The van der Waals surface area contributed by atoms with Gasteiger partial charge in [0.2, 0.25) is 0 Å². The molecule has 0 saturated heterocycles. The maximum Gasteiger partial charge on any atom is 0.475 e. The number of hydrogen-bond acceptors (Lipinski definition) is 8. The van der Waals surface area contributed by atoms with Crippen LogP contribution in [0.2, 0.25) is 0 Å². The number of benzene rings is 1. The molecule has 0 aliphatic heterocycles. The van der Waals surface area contributed by atoms with Gasteiger partial charge in [0.25, 0.3) is 0 Å². The van der Waals surface area contributed by atoms with Gasteiger partial charge in [0.05, 0.1) is 33.0 Å². The van der Waals surface area contributed by atoms with Crippen LogP contribution in [-0.4, -0.2) is 55.0 Å². The van der Waals surface area contributed by atoms with E-state index in [-0.39, 0.29) is 71.1 Å². The van der Waals surface area contributed by atoms with Gasteiger partial charge < -0.3 is 20.7 Å². The number of halogens is 3. The van der Waals surface area contributed by atoms with Gasteiger partial charge in [-0.3, -0.25) is 13.6 Å². The summed E-state index contributed by atoms with van der Waals surface area (Å²) in [7, 11) is -4.14. The summed E-state index contributed by atoms with van der Waals surface area (Å²) < 4.78 is 76.0. The molecule has 3 N–H and O–H groups in total. The van der Waals surface area contributed by atoms with E-state index in [1.807, 2.05) is 62.6 Å². The predicted octanol–water partition coefficient (Wildman–Crippen LogP) is 12.6. The van der Waals surface area contributed by atoms with E-state index in [4.69, 9.17) is 24.0 Å². The Balaban J connectivity index is 0. The molecule has 1 radical (unpaired) electrons. The third-order valence-corrected chi connectivity index (χ3v) is 10.1. The fraction of sp³-hybridized carbons (Fsp3) is 0.488. The van der Waals surface area contributed by atoms with Crippen molar-refractivity contribution in [3.8, 4) is 0 Å². The van der Waals surface area contributed by atoms with Crippen molar-refractivity contribution in [2.75, 3.05) is 33.0 Å². The summed E-state index contributed by atoms with van der Waals surface area (Å²) in [5.41, 5.74) is 9.52. The quantitative estimate of drug-likeness (QED) is 0.0397. The molecule has 0 aliphatic rings. The number of allylic oxidation sites excluding steroid dienone is 9. The molecule has 2 rings (SSSR count). The van der Waals surface area contributed by atoms with Crippen LogP contribution in [0, 0.1) is 12.8 Å². The van der Waals surface area contributed by atoms with Crippen molar-refractivity contribution in [1.82, 2.24) is 0 Å². The van der Waals surface area contributed by atoms with E-state index in [9.17, 15) is 27.9 Å². The van der Waals surface area contributed by atoms with E-state index in [0.29, 0.717) is 25.0 Å². The number of alkyl halides is 3. The molecule has 14 heteroatoms. The molecular weight excluding hydrogens is 851 g/mol. The molecule has 0 bridgehead atoms. The van der Waals surface area contributed by atoms with Crippen LogP contribution in [0.1, 0.15) is 83.7 Å². The summed E-state index contributed by atoms with van der Waals surface area (Å²) in [6.07, 6.45) is 8.75. The molecule has 57 heavy (non-hydrogen) atoms. The smallest absolute Gasteiger partial charge is 0.475 e. The second-order valence-electron chi connectivity index (χ2n) is 13.3. The number of thiophene rings is 1. The minimum Gasteiger partial charge on any atom is -0.674 e. The van der Waals surface area contributed by atoms with Crippen LogP contribution >= 0.6 is 19.2 Å². The van der Waals surface area contributed by atoms with Gasteiger partial charge in [-0.25, -0.2) is 4.57 Å². The second kappa shape index (κ2) is 31.9. The van der Waals surface area contributed by atoms with Crippen molar-refractivity contribution >= 4 is 19.2 Å². The summed E-state index contributed by atoms with van der Waals surface area (Å²) in [6, 6.07) is 11.8. The minimum absolute atomic E-state index is 0. The van der Waals surface area contributed by atoms with Crippen molar-refractivity contribution in [1.29, 1.82) is 0 Å². The van der Waals surface area contributed by atoms with Crippen molar-refractivity contribution in [2.45, 2.75) is 99.4 Å². The van der Waals surface area contributed by atoms with Gasteiger partial charge in [-0.15, -0.1) is 24.5 Å². The summed E-state index contributed by atoms with van der Waals surface area (Å²) in [6.45, 7) is 16.4. The summed E-state index contributed by atoms with van der Waals surface area (Å²) in [5, 5.41) is 23.0. The maximum atomic E-state index is 13.5. The Bertz CT molecular complexity index is 1590. The molecule has 2 aromatic rings. The number of aliphatic hydroxyl groups excluding tert-OH is 1. The Kier molecular flexibility index (Phi) is 32.0. The summed E-state index contributed by atoms with van der Waals surface area (Å²) >= 11 is 1.63. The molecule has 0 saturated carbocycles. The van der Waals surface area contributed by atoms with Crippen molar-refractivity contribution in [3.63, 3.8) is 0 Å². The van der Waals surface area contributed by atoms with E-state index in [0.717, 1.165) is 29.2 Å². The molecule has 319 valence electrons. The SMILES string of the molecule is C/C=C\C=C(/C)COP(=O)(OC/C(C)=C/C)OCC(O)(CO)CC/C(C)=C/C=C(/OCCCc1csc(C)c1)C(C)C(F)(F)F.C=CC.[NH-]Cc1ccccc1.[Y]. The van der Waals surface area contributed by atoms with Crippen molar-refractivity contribution < 1.29 is 79.0 Å². The zero-order chi connectivity index (χ0) is 42.6. The fourth-order valence-corrected chi connectivity index (χ4v) is 6.26. The average molecular weight is 916 g/mol. The van der Waals surface area contributed by atoms with Gasteiger partial charge in [-0.1, -0.05) is 83.5 Å². The molecule has 0 aliphatic carbocycles. The van der Waals surface area contributed by atoms with Crippen molar-refractivity contribution in [3.05, 3.63) is 135 Å². The topological polar surface area (TPSA) is 118 Å². The minimum atomic E-state index is -4.48. The normalized spacial score (nSPS) is 15.3. The van der Waals surface area contributed by atoms with Crippen LogP contribution in [0.3, 0.4) is 0 Å². The molecule has 3 atom stereocenters. The van der Waals surface area contributed by atoms with E-state index in [1.165, 1.54) is 17.0 Å². The number of hydrogen-bond donors (Lipinski definition) is 2. The van der Waals surface area contributed by atoms with E-state index in [2.05, 4.69) is 12.6 Å². The summed E-state index contributed by atoms with van der Waals surface area (Å²) in [5.74, 6) is -2.00. The fourth-order valence-electron chi connectivity index (χ4n) is 4.17. The summed E-state index contributed by atoms with van der Waals surface area (Å²) in [4.78, 5) is 1.18. The number of aliphatic hydroxyl groups is 2. The van der Waals surface area contributed by atoms with Crippen LogP contribution < -0.4 is 0 Å². The van der Waals surface area contributed by atoms with Gasteiger partial charge in [-0.2, -0.15) is 13.2 Å². The molecule has 1 aromatic carbocycles. The van der Waals surface area contributed by atoms with Gasteiger partial charge in [-0.05, 0) is 110 Å². The maximum absolute atomic E-state index is 13.5. The zero-order valence-corrected chi connectivity index (χ0v) is 39.5. The Labute approximate surface area is 369 Å². The third kappa shape index (κ3) is 27.4. The van der Waals surface area contributed by atoms with E-state index >= 15 is 0 Å². The van der Waals surface area contributed by atoms with Gasteiger partial charge in [0, 0.05) is 37.6 Å². The number of aryl methyl sites for hydroxylation is 2. The van der Waals surface area contributed by atoms with Crippen molar-refractivity contribution in [2.24, 2.45) is 5.92 Å². The van der Waals surface area contributed by atoms with Crippen LogP contribution in [0.4, 0.5) is 13.2 Å². The third-order valence-electron chi connectivity index (χ3n) is 7.90. The Hall–Kier alpha value is -1.96. The second-order valence-corrected chi connectivity index (χ2v) is 16.0. The van der Waals surface area contributed by atoms with Crippen LogP contribution in [0.15, 0.2) is 113 Å². The zero-order valence-electron chi connectivity index (χ0n) is 34.9. The molecule has 0 fully saturated rings. The van der Waals surface area contributed by atoms with Gasteiger partial charge in [0.1, 0.15) is 17.3 Å². The number of nitrogens with one attached hydrogen (secondary N) is 1. The molecule has 3 unspecified atom stereocenters. The number of phosphoric acid groups is 1. The molecule has 0 spiro atoms. The van der Waals surface area contributed by atoms with E-state index < -0.39 is 38.7 Å². The molecular formula is C43H64F3NO7PSY-. The average Bonchev–Trinajstić information content (AvgIpc) is 3.61. The van der Waals surface area contributed by atoms with E-state index in [1.54, 1.807) is 63.3 Å². The van der Waals surface area contributed by atoms with Crippen LogP contribution in [0.5, 0.6) is 0 Å². The first-order chi connectivity index (χ1) is 26.4.